The second kappa shape index (κ2) is 4.58. The minimum Gasteiger partial charge on any atom is -0.318 e. The van der Waals surface area contributed by atoms with Gasteiger partial charge in [0.25, 0.3) is 0 Å². The molecule has 0 bridgehead atoms. The second-order valence-corrected chi connectivity index (χ2v) is 5.26. The van der Waals surface area contributed by atoms with Gasteiger partial charge < -0.3 is 5.73 Å². The third-order valence-corrected chi connectivity index (χ3v) is 3.87. The molecule has 0 heterocycles. The van der Waals surface area contributed by atoms with Crippen molar-refractivity contribution in [3.05, 3.63) is 70.3 Å². The predicted molar refractivity (Wildman–Crippen MR) is 77.7 cm³/mol. The topological polar surface area (TPSA) is 26.0 Å². The van der Waals surface area contributed by atoms with Crippen molar-refractivity contribution in [1.82, 2.24) is 0 Å². The maximum atomic E-state index is 6.63. The smallest absolute Gasteiger partial charge is 0.0642 e. The van der Waals surface area contributed by atoms with Crippen LogP contribution >= 0.6 is 0 Å². The Labute approximate surface area is 110 Å². The first-order valence-corrected chi connectivity index (χ1v) is 6.36. The monoisotopic (exact) mass is 239 g/mol. The summed E-state index contributed by atoms with van der Waals surface area (Å²) in [5.41, 5.74) is 12.4. The Morgan fingerprint density at radius 1 is 0.778 bits per heavy atom. The van der Waals surface area contributed by atoms with E-state index in [1.807, 2.05) is 0 Å². The van der Waals surface area contributed by atoms with E-state index in [4.69, 9.17) is 5.73 Å². The fourth-order valence-corrected chi connectivity index (χ4v) is 2.61. The van der Waals surface area contributed by atoms with Gasteiger partial charge in [0.15, 0.2) is 0 Å². The molecule has 2 rings (SSSR count). The van der Waals surface area contributed by atoms with Crippen LogP contribution in [-0.4, -0.2) is 0 Å². The first-order chi connectivity index (χ1) is 8.44. The molecular formula is C17H21N. The average Bonchev–Trinajstić information content (AvgIpc) is 2.32. The lowest BCUT2D eigenvalue weighted by Crippen LogP contribution is -2.36. The highest BCUT2D eigenvalue weighted by Crippen LogP contribution is 2.31. The van der Waals surface area contributed by atoms with Gasteiger partial charge in [-0.2, -0.15) is 0 Å². The fraction of sp³-hybridized carbons (Fsp3) is 0.294. The lowest BCUT2D eigenvalue weighted by atomic mass is 9.80. The fourth-order valence-electron chi connectivity index (χ4n) is 2.61. The number of nitrogens with two attached hydrogens (primary N) is 1. The lowest BCUT2D eigenvalue weighted by molar-refractivity contribution is 0.594. The van der Waals surface area contributed by atoms with Crippen molar-refractivity contribution in [1.29, 1.82) is 0 Å². The van der Waals surface area contributed by atoms with Gasteiger partial charge in [-0.05, 0) is 55.5 Å². The molecule has 0 saturated heterocycles. The Morgan fingerprint density at radius 3 is 2.00 bits per heavy atom. The van der Waals surface area contributed by atoms with Gasteiger partial charge in [0.05, 0.1) is 5.54 Å². The van der Waals surface area contributed by atoms with Gasteiger partial charge in [-0.3, -0.25) is 0 Å². The minimum atomic E-state index is -0.443. The van der Waals surface area contributed by atoms with Crippen molar-refractivity contribution >= 4 is 0 Å². The molecule has 0 aromatic heterocycles. The van der Waals surface area contributed by atoms with Crippen LogP contribution < -0.4 is 5.73 Å². The van der Waals surface area contributed by atoms with Gasteiger partial charge >= 0.3 is 0 Å². The maximum absolute atomic E-state index is 6.63. The Balaban J connectivity index is 2.62. The summed E-state index contributed by atoms with van der Waals surface area (Å²) >= 11 is 0. The molecule has 1 heteroatoms. The zero-order valence-electron chi connectivity index (χ0n) is 11.6. The van der Waals surface area contributed by atoms with Crippen LogP contribution in [-0.2, 0) is 5.54 Å². The van der Waals surface area contributed by atoms with Crippen molar-refractivity contribution in [2.24, 2.45) is 5.73 Å². The normalized spacial score (nSPS) is 14.3. The van der Waals surface area contributed by atoms with E-state index in [1.165, 1.54) is 27.8 Å². The summed E-state index contributed by atoms with van der Waals surface area (Å²) in [6.45, 7) is 8.49. The zero-order chi connectivity index (χ0) is 13.3. The minimum absolute atomic E-state index is 0.443. The molecule has 0 amide bonds. The van der Waals surface area contributed by atoms with E-state index < -0.39 is 5.54 Å². The summed E-state index contributed by atoms with van der Waals surface area (Å²) in [6, 6.07) is 14.7. The van der Waals surface area contributed by atoms with E-state index in [2.05, 4.69) is 70.2 Å². The molecule has 1 unspecified atom stereocenters. The van der Waals surface area contributed by atoms with E-state index in [-0.39, 0.29) is 0 Å². The van der Waals surface area contributed by atoms with Crippen LogP contribution in [0.5, 0.6) is 0 Å². The van der Waals surface area contributed by atoms with Crippen LogP contribution in [0.3, 0.4) is 0 Å². The quantitative estimate of drug-likeness (QED) is 0.846. The Kier molecular flexibility index (Phi) is 3.27. The Hall–Kier alpha value is -1.60. The van der Waals surface area contributed by atoms with E-state index in [0.717, 1.165) is 0 Å². The highest BCUT2D eigenvalue weighted by molar-refractivity contribution is 5.46. The largest absolute Gasteiger partial charge is 0.318 e. The molecule has 0 aliphatic carbocycles. The molecule has 2 N–H and O–H groups in total. The molecular weight excluding hydrogens is 218 g/mol. The Bertz CT molecular complexity index is 568. The molecule has 1 atom stereocenters. The summed E-state index contributed by atoms with van der Waals surface area (Å²) < 4.78 is 0. The molecule has 0 radical (unpaired) electrons. The van der Waals surface area contributed by atoms with Crippen LogP contribution in [0.4, 0.5) is 0 Å². The average molecular weight is 239 g/mol. The van der Waals surface area contributed by atoms with Crippen LogP contribution in [0, 0.1) is 20.8 Å². The third-order valence-electron chi connectivity index (χ3n) is 3.87. The summed E-state index contributed by atoms with van der Waals surface area (Å²) in [5.74, 6) is 0. The van der Waals surface area contributed by atoms with Crippen molar-refractivity contribution in [2.75, 3.05) is 0 Å². The standard InChI is InChI=1S/C17H21N/c1-12-9-7-11-16(14(12)3)17(4,18)15-10-6-5-8-13(15)2/h5-11H,18H2,1-4H3. The molecule has 1 nitrogen and oxygen atoms in total. The highest BCUT2D eigenvalue weighted by atomic mass is 14.7. The molecule has 0 fully saturated rings. The Morgan fingerprint density at radius 2 is 1.33 bits per heavy atom. The van der Waals surface area contributed by atoms with Gasteiger partial charge in [0.2, 0.25) is 0 Å². The highest BCUT2D eigenvalue weighted by Gasteiger charge is 2.26. The summed E-state index contributed by atoms with van der Waals surface area (Å²) in [5, 5.41) is 0. The van der Waals surface area contributed by atoms with Gasteiger partial charge in [0.1, 0.15) is 0 Å². The van der Waals surface area contributed by atoms with Crippen LogP contribution in [0.15, 0.2) is 42.5 Å². The number of hydrogen-bond acceptors (Lipinski definition) is 1. The molecule has 0 aliphatic rings. The van der Waals surface area contributed by atoms with E-state index in [9.17, 15) is 0 Å². The van der Waals surface area contributed by atoms with Gasteiger partial charge in [-0.25, -0.2) is 0 Å². The van der Waals surface area contributed by atoms with Crippen molar-refractivity contribution in [3.8, 4) is 0 Å². The van der Waals surface area contributed by atoms with Crippen LogP contribution in [0.25, 0.3) is 0 Å². The van der Waals surface area contributed by atoms with E-state index in [0.29, 0.717) is 0 Å². The van der Waals surface area contributed by atoms with Crippen molar-refractivity contribution in [3.63, 3.8) is 0 Å². The molecule has 0 aliphatic heterocycles. The zero-order valence-corrected chi connectivity index (χ0v) is 11.6. The second-order valence-electron chi connectivity index (χ2n) is 5.26. The number of rotatable bonds is 2. The van der Waals surface area contributed by atoms with Crippen LogP contribution in [0.2, 0.25) is 0 Å². The molecule has 0 spiro atoms. The third kappa shape index (κ3) is 2.06. The molecule has 2 aromatic carbocycles. The summed E-state index contributed by atoms with van der Waals surface area (Å²) in [6.07, 6.45) is 0. The van der Waals surface area contributed by atoms with Crippen LogP contribution in [0.1, 0.15) is 34.7 Å². The van der Waals surface area contributed by atoms with Gasteiger partial charge in [-0.15, -0.1) is 0 Å². The van der Waals surface area contributed by atoms with Gasteiger partial charge in [0, 0.05) is 0 Å². The maximum Gasteiger partial charge on any atom is 0.0642 e. The first kappa shape index (κ1) is 12.8. The molecule has 94 valence electrons. The summed E-state index contributed by atoms with van der Waals surface area (Å²) in [7, 11) is 0. The van der Waals surface area contributed by atoms with Crippen molar-refractivity contribution < 1.29 is 0 Å². The first-order valence-electron chi connectivity index (χ1n) is 6.36. The SMILES string of the molecule is Cc1ccccc1C(C)(N)c1cccc(C)c1C. The molecule has 0 saturated carbocycles. The predicted octanol–water partition coefficient (Wildman–Crippen LogP) is 3.83. The van der Waals surface area contributed by atoms with E-state index >= 15 is 0 Å². The number of benzene rings is 2. The molecule has 2 aromatic rings. The van der Waals surface area contributed by atoms with E-state index in [1.54, 1.807) is 0 Å². The lowest BCUT2D eigenvalue weighted by Gasteiger charge is -2.30. The van der Waals surface area contributed by atoms with Gasteiger partial charge in [-0.1, -0.05) is 42.5 Å². The summed E-state index contributed by atoms with van der Waals surface area (Å²) in [4.78, 5) is 0. The number of hydrogen-bond donors (Lipinski definition) is 1. The number of aryl methyl sites for hydroxylation is 2. The van der Waals surface area contributed by atoms with Crippen molar-refractivity contribution in [2.45, 2.75) is 33.2 Å². The molecule has 18 heavy (non-hydrogen) atoms.